The largest absolute Gasteiger partial charge is 0.508 e. The molecule has 3 N–H and O–H groups in total. The lowest BCUT2D eigenvalue weighted by Crippen LogP contribution is -2.33. The molecule has 0 aromatic heterocycles. The van der Waals surface area contributed by atoms with Gasteiger partial charge in [0.1, 0.15) is 5.75 Å². The molecule has 2 nitrogen and oxygen atoms in total. The molecule has 1 aromatic rings. The van der Waals surface area contributed by atoms with Gasteiger partial charge in [0.05, 0.1) is 0 Å². The van der Waals surface area contributed by atoms with Crippen molar-refractivity contribution in [2.75, 3.05) is 6.26 Å². The summed E-state index contributed by atoms with van der Waals surface area (Å²) >= 11 is 1.71. The normalized spacial score (nSPS) is 18.9. The van der Waals surface area contributed by atoms with Crippen molar-refractivity contribution in [2.45, 2.75) is 43.0 Å². The van der Waals surface area contributed by atoms with Crippen molar-refractivity contribution < 1.29 is 5.11 Å². The molecule has 0 amide bonds. The topological polar surface area (TPSA) is 46.2 Å². The number of phenolic OH excluding ortho intramolecular Hbond substituents is 1. The summed E-state index contributed by atoms with van der Waals surface area (Å²) in [6.45, 7) is 1.93. The first kappa shape index (κ1) is 11.8. The standard InChI is InChI=1S/C13H19NOS/c1-9-7-12(16-2)10(8-11(9)15)13(14)5-3-4-6-13/h7-8,15H,3-6,14H2,1-2H3. The molecule has 0 saturated heterocycles. The Kier molecular flexibility index (Phi) is 3.17. The average Bonchev–Trinajstić information content (AvgIpc) is 2.69. The van der Waals surface area contributed by atoms with Gasteiger partial charge >= 0.3 is 0 Å². The van der Waals surface area contributed by atoms with E-state index in [0.29, 0.717) is 5.75 Å². The monoisotopic (exact) mass is 237 g/mol. The highest BCUT2D eigenvalue weighted by atomic mass is 32.2. The van der Waals surface area contributed by atoms with Crippen LogP contribution < -0.4 is 5.73 Å². The van der Waals surface area contributed by atoms with Crippen LogP contribution in [0.25, 0.3) is 0 Å². The third-order valence-electron chi connectivity index (χ3n) is 3.55. The molecule has 0 spiro atoms. The lowest BCUT2D eigenvalue weighted by atomic mass is 9.88. The zero-order valence-electron chi connectivity index (χ0n) is 9.92. The van der Waals surface area contributed by atoms with Crippen molar-refractivity contribution in [3.8, 4) is 5.75 Å². The summed E-state index contributed by atoms with van der Waals surface area (Å²) in [5, 5.41) is 9.83. The number of rotatable bonds is 2. The van der Waals surface area contributed by atoms with Gasteiger partial charge in [-0.1, -0.05) is 12.8 Å². The highest BCUT2D eigenvalue weighted by Gasteiger charge is 2.33. The number of thioether (sulfide) groups is 1. The number of nitrogens with two attached hydrogens (primary N) is 1. The molecule has 0 heterocycles. The van der Waals surface area contributed by atoms with E-state index in [1.165, 1.54) is 17.7 Å². The molecule has 1 aromatic carbocycles. The quantitative estimate of drug-likeness (QED) is 0.777. The molecule has 16 heavy (non-hydrogen) atoms. The van der Waals surface area contributed by atoms with E-state index in [0.717, 1.165) is 24.0 Å². The van der Waals surface area contributed by atoms with E-state index in [1.807, 2.05) is 19.1 Å². The molecule has 0 unspecified atom stereocenters. The van der Waals surface area contributed by atoms with E-state index >= 15 is 0 Å². The Bertz CT molecular complexity index is 397. The summed E-state index contributed by atoms with van der Waals surface area (Å²) in [5.41, 5.74) is 8.28. The molecule has 1 aliphatic carbocycles. The zero-order chi connectivity index (χ0) is 11.8. The van der Waals surface area contributed by atoms with E-state index < -0.39 is 0 Å². The fourth-order valence-corrected chi connectivity index (χ4v) is 3.28. The van der Waals surface area contributed by atoms with Crippen LogP contribution in [0.4, 0.5) is 0 Å². The minimum Gasteiger partial charge on any atom is -0.508 e. The van der Waals surface area contributed by atoms with Crippen LogP contribution in [0.15, 0.2) is 17.0 Å². The third-order valence-corrected chi connectivity index (χ3v) is 4.33. The number of aryl methyl sites for hydroxylation is 1. The van der Waals surface area contributed by atoms with Gasteiger partial charge in [-0.3, -0.25) is 0 Å². The molecule has 0 aliphatic heterocycles. The van der Waals surface area contributed by atoms with Crippen molar-refractivity contribution in [3.05, 3.63) is 23.3 Å². The van der Waals surface area contributed by atoms with Crippen LogP contribution >= 0.6 is 11.8 Å². The van der Waals surface area contributed by atoms with Crippen LogP contribution in [0.3, 0.4) is 0 Å². The highest BCUT2D eigenvalue weighted by Crippen LogP contribution is 2.42. The van der Waals surface area contributed by atoms with Crippen LogP contribution in [-0.2, 0) is 5.54 Å². The predicted octanol–water partition coefficient (Wildman–Crippen LogP) is 3.15. The van der Waals surface area contributed by atoms with Crippen molar-refractivity contribution in [1.82, 2.24) is 0 Å². The van der Waals surface area contributed by atoms with Gasteiger partial charge in [-0.05, 0) is 49.3 Å². The molecule has 0 bridgehead atoms. The van der Waals surface area contributed by atoms with Gasteiger partial charge in [0, 0.05) is 10.4 Å². The second-order valence-electron chi connectivity index (χ2n) is 4.70. The van der Waals surface area contributed by atoms with Gasteiger partial charge < -0.3 is 10.8 Å². The summed E-state index contributed by atoms with van der Waals surface area (Å²) in [6, 6.07) is 3.91. The number of phenols is 1. The summed E-state index contributed by atoms with van der Waals surface area (Å²) in [7, 11) is 0. The van der Waals surface area contributed by atoms with Crippen LogP contribution in [0.5, 0.6) is 5.75 Å². The van der Waals surface area contributed by atoms with Crippen LogP contribution in [0.1, 0.15) is 36.8 Å². The van der Waals surface area contributed by atoms with Gasteiger partial charge in [0.2, 0.25) is 0 Å². The summed E-state index contributed by atoms with van der Waals surface area (Å²) < 4.78 is 0. The molecule has 1 saturated carbocycles. The third kappa shape index (κ3) is 1.94. The second kappa shape index (κ2) is 4.30. The summed E-state index contributed by atoms with van der Waals surface area (Å²) in [6.07, 6.45) is 6.51. The van der Waals surface area contributed by atoms with Crippen LogP contribution in [0.2, 0.25) is 0 Å². The molecular weight excluding hydrogens is 218 g/mol. The van der Waals surface area contributed by atoms with Gasteiger partial charge in [-0.25, -0.2) is 0 Å². The average molecular weight is 237 g/mol. The van der Waals surface area contributed by atoms with E-state index in [9.17, 15) is 5.11 Å². The second-order valence-corrected chi connectivity index (χ2v) is 5.55. The fourth-order valence-electron chi connectivity index (χ4n) is 2.50. The summed E-state index contributed by atoms with van der Waals surface area (Å²) in [5.74, 6) is 0.365. The lowest BCUT2D eigenvalue weighted by molar-refractivity contribution is 0.437. The highest BCUT2D eigenvalue weighted by molar-refractivity contribution is 7.98. The Balaban J connectivity index is 2.50. The number of aromatic hydroxyl groups is 1. The van der Waals surface area contributed by atoms with Crippen molar-refractivity contribution >= 4 is 11.8 Å². The van der Waals surface area contributed by atoms with E-state index in [4.69, 9.17) is 5.73 Å². The maximum atomic E-state index is 9.83. The number of hydrogen-bond donors (Lipinski definition) is 2. The Labute approximate surface area is 101 Å². The number of benzene rings is 1. The summed E-state index contributed by atoms with van der Waals surface area (Å²) in [4.78, 5) is 1.21. The Morgan fingerprint density at radius 1 is 1.31 bits per heavy atom. The predicted molar refractivity (Wildman–Crippen MR) is 69.0 cm³/mol. The molecule has 3 heteroatoms. The van der Waals surface area contributed by atoms with Gasteiger partial charge in [0.25, 0.3) is 0 Å². The van der Waals surface area contributed by atoms with E-state index in [-0.39, 0.29) is 5.54 Å². The first-order valence-corrected chi connectivity index (χ1v) is 6.96. The molecule has 1 aliphatic rings. The lowest BCUT2D eigenvalue weighted by Gasteiger charge is -2.27. The van der Waals surface area contributed by atoms with E-state index in [2.05, 4.69) is 6.26 Å². The van der Waals surface area contributed by atoms with Gasteiger partial charge in [-0.15, -0.1) is 11.8 Å². The SMILES string of the molecule is CSc1cc(C)c(O)cc1C1(N)CCCC1. The maximum Gasteiger partial charge on any atom is 0.118 e. The molecule has 88 valence electrons. The molecule has 0 radical (unpaired) electrons. The van der Waals surface area contributed by atoms with Crippen molar-refractivity contribution in [3.63, 3.8) is 0 Å². The Morgan fingerprint density at radius 3 is 2.50 bits per heavy atom. The van der Waals surface area contributed by atoms with Gasteiger partial charge in [0.15, 0.2) is 0 Å². The zero-order valence-corrected chi connectivity index (χ0v) is 10.7. The minimum absolute atomic E-state index is 0.219. The van der Waals surface area contributed by atoms with Crippen molar-refractivity contribution in [2.24, 2.45) is 5.73 Å². The fraction of sp³-hybridized carbons (Fsp3) is 0.538. The van der Waals surface area contributed by atoms with Crippen molar-refractivity contribution in [1.29, 1.82) is 0 Å². The molecule has 2 rings (SSSR count). The maximum absolute atomic E-state index is 9.83. The van der Waals surface area contributed by atoms with Crippen LogP contribution in [-0.4, -0.2) is 11.4 Å². The first-order chi connectivity index (χ1) is 7.57. The molecular formula is C13H19NOS. The first-order valence-electron chi connectivity index (χ1n) is 5.74. The molecule has 1 fully saturated rings. The van der Waals surface area contributed by atoms with Crippen LogP contribution in [0, 0.1) is 6.92 Å². The molecule has 0 atom stereocenters. The van der Waals surface area contributed by atoms with E-state index in [1.54, 1.807) is 11.8 Å². The number of hydrogen-bond acceptors (Lipinski definition) is 3. The smallest absolute Gasteiger partial charge is 0.118 e. The minimum atomic E-state index is -0.219. The Morgan fingerprint density at radius 2 is 1.94 bits per heavy atom. The van der Waals surface area contributed by atoms with Gasteiger partial charge in [-0.2, -0.15) is 0 Å². The Hall–Kier alpha value is -0.670.